The number of unbranched alkanes of at least 4 members (excludes halogenated alkanes) is 1. The molecule has 0 aromatic heterocycles. The van der Waals surface area contributed by atoms with E-state index < -0.39 is 23.9 Å². The zero-order valence-corrected chi connectivity index (χ0v) is 25.3. The number of aliphatic carboxylic acids is 1. The summed E-state index contributed by atoms with van der Waals surface area (Å²) in [4.78, 5) is 46.4. The highest BCUT2D eigenvalue weighted by Crippen LogP contribution is 2.02. The topological polar surface area (TPSA) is 122 Å². The Morgan fingerprint density at radius 2 is 1.24 bits per heavy atom. The molecule has 0 aliphatic carbocycles. The number of carboxylic acid groups (broad SMARTS) is 1. The van der Waals surface area contributed by atoms with Gasteiger partial charge in [0, 0.05) is 25.1 Å². The number of hydrogen-bond acceptors (Lipinski definition) is 5. The van der Waals surface area contributed by atoms with E-state index in [1.54, 1.807) is 6.92 Å². The van der Waals surface area contributed by atoms with Gasteiger partial charge in [-0.3, -0.25) is 9.59 Å². The second kappa shape index (κ2) is 28.6. The molecule has 232 valence electrons. The van der Waals surface area contributed by atoms with Crippen LogP contribution in [0.25, 0.3) is 0 Å². The molecule has 0 spiro atoms. The molecule has 0 aliphatic rings. The molecule has 0 saturated heterocycles. The standard InChI is InChI=1S/C34H50N2O6/c1-3-5-6-7-8-9-10-11-12-13-14-15-16-17-18-19-20-21-22-26-31(37)35-29-24-23-25-30(34(40)41)36-32(38)27-28-33(39)42-4-2/h5-6,8-9,11-12,14-15,17-18,20-21,27-28,30H,3-4,7,10,13,16,19,22-26,29H2,1-2H3,(H,35,37)(H,36,38)(H,40,41)/t30-/m0/s1. The van der Waals surface area contributed by atoms with Crippen molar-refractivity contribution in [2.75, 3.05) is 13.2 Å². The van der Waals surface area contributed by atoms with Gasteiger partial charge in [-0.15, -0.1) is 0 Å². The number of esters is 1. The summed E-state index contributed by atoms with van der Waals surface area (Å²) in [5.74, 6) is -2.57. The Morgan fingerprint density at radius 1 is 0.714 bits per heavy atom. The molecule has 8 nitrogen and oxygen atoms in total. The molecule has 0 heterocycles. The van der Waals surface area contributed by atoms with E-state index in [1.807, 2.05) is 12.2 Å². The molecule has 0 bridgehead atoms. The summed E-state index contributed by atoms with van der Waals surface area (Å²) in [5.41, 5.74) is 0. The molecule has 0 aromatic rings. The first-order chi connectivity index (χ1) is 20.4. The lowest BCUT2D eigenvalue weighted by molar-refractivity contribution is -0.141. The van der Waals surface area contributed by atoms with Crippen molar-refractivity contribution in [1.82, 2.24) is 10.6 Å². The largest absolute Gasteiger partial charge is 0.480 e. The Bertz CT molecular complexity index is 973. The van der Waals surface area contributed by atoms with Crippen LogP contribution in [0.1, 0.15) is 84.5 Å². The first-order valence-corrected chi connectivity index (χ1v) is 14.9. The van der Waals surface area contributed by atoms with Gasteiger partial charge in [-0.1, -0.05) is 79.8 Å². The van der Waals surface area contributed by atoms with Gasteiger partial charge in [0.25, 0.3) is 0 Å². The summed E-state index contributed by atoms with van der Waals surface area (Å²) >= 11 is 0. The van der Waals surface area contributed by atoms with Gasteiger partial charge in [-0.2, -0.15) is 0 Å². The van der Waals surface area contributed by atoms with Crippen LogP contribution in [0.4, 0.5) is 0 Å². The molecular formula is C34H50N2O6. The van der Waals surface area contributed by atoms with Crippen molar-refractivity contribution >= 4 is 23.8 Å². The molecule has 0 aromatic carbocycles. The van der Waals surface area contributed by atoms with Gasteiger partial charge in [0.2, 0.25) is 11.8 Å². The molecule has 8 heteroatoms. The Hall–Kier alpha value is -3.94. The number of rotatable bonds is 24. The summed E-state index contributed by atoms with van der Waals surface area (Å²) in [6.07, 6.45) is 35.7. The van der Waals surface area contributed by atoms with Crippen LogP contribution in [-0.4, -0.2) is 48.1 Å². The fraction of sp³-hybridized carbons (Fsp3) is 0.471. The van der Waals surface area contributed by atoms with Gasteiger partial charge >= 0.3 is 11.9 Å². The van der Waals surface area contributed by atoms with E-state index in [-0.39, 0.29) is 18.9 Å². The lowest BCUT2D eigenvalue weighted by Crippen LogP contribution is -2.40. The fourth-order valence-corrected chi connectivity index (χ4v) is 3.46. The van der Waals surface area contributed by atoms with E-state index >= 15 is 0 Å². The van der Waals surface area contributed by atoms with Crippen molar-refractivity contribution in [1.29, 1.82) is 0 Å². The highest BCUT2D eigenvalue weighted by atomic mass is 16.5. The molecule has 0 unspecified atom stereocenters. The summed E-state index contributed by atoms with van der Waals surface area (Å²) in [6.45, 7) is 4.40. The predicted octanol–water partition coefficient (Wildman–Crippen LogP) is 6.44. The van der Waals surface area contributed by atoms with E-state index in [9.17, 15) is 24.3 Å². The molecule has 0 aliphatic heterocycles. The minimum atomic E-state index is -1.16. The number of nitrogens with one attached hydrogen (secondary N) is 2. The van der Waals surface area contributed by atoms with E-state index in [1.165, 1.54) is 0 Å². The molecule has 0 fully saturated rings. The maximum Gasteiger partial charge on any atom is 0.330 e. The predicted molar refractivity (Wildman–Crippen MR) is 170 cm³/mol. The number of amides is 2. The van der Waals surface area contributed by atoms with Crippen LogP contribution in [0, 0.1) is 0 Å². The van der Waals surface area contributed by atoms with E-state index in [2.05, 4.69) is 83.1 Å². The van der Waals surface area contributed by atoms with Crippen LogP contribution in [0.3, 0.4) is 0 Å². The smallest absolute Gasteiger partial charge is 0.330 e. The normalized spacial score (nSPS) is 13.0. The summed E-state index contributed by atoms with van der Waals surface area (Å²) in [5, 5.41) is 14.5. The van der Waals surface area contributed by atoms with Crippen LogP contribution in [0.2, 0.25) is 0 Å². The summed E-state index contributed by atoms with van der Waals surface area (Å²) < 4.78 is 4.67. The maximum atomic E-state index is 12.0. The van der Waals surface area contributed by atoms with Gasteiger partial charge in [0.15, 0.2) is 0 Å². The minimum absolute atomic E-state index is 0.0540. The average molecular weight is 583 g/mol. The monoisotopic (exact) mass is 582 g/mol. The van der Waals surface area contributed by atoms with E-state index in [0.29, 0.717) is 32.2 Å². The molecule has 3 N–H and O–H groups in total. The van der Waals surface area contributed by atoms with Gasteiger partial charge in [0.1, 0.15) is 6.04 Å². The van der Waals surface area contributed by atoms with Crippen molar-refractivity contribution in [3.8, 4) is 0 Å². The second-order valence-corrected chi connectivity index (χ2v) is 9.28. The van der Waals surface area contributed by atoms with Gasteiger partial charge in [-0.25, -0.2) is 9.59 Å². The lowest BCUT2D eigenvalue weighted by Gasteiger charge is -2.13. The van der Waals surface area contributed by atoms with Crippen molar-refractivity contribution in [2.45, 2.75) is 90.5 Å². The van der Waals surface area contributed by atoms with Crippen LogP contribution < -0.4 is 10.6 Å². The average Bonchev–Trinajstić information content (AvgIpc) is 2.96. The third-order valence-corrected chi connectivity index (χ3v) is 5.65. The highest BCUT2D eigenvalue weighted by Gasteiger charge is 2.18. The number of allylic oxidation sites excluding steroid dienone is 12. The van der Waals surface area contributed by atoms with Crippen LogP contribution >= 0.6 is 0 Å². The van der Waals surface area contributed by atoms with Gasteiger partial charge < -0.3 is 20.5 Å². The summed E-state index contributed by atoms with van der Waals surface area (Å²) in [6, 6.07) is -1.08. The number of carboxylic acids is 1. The zero-order chi connectivity index (χ0) is 31.1. The second-order valence-electron chi connectivity index (χ2n) is 9.28. The third kappa shape index (κ3) is 26.3. The molecular weight excluding hydrogens is 532 g/mol. The van der Waals surface area contributed by atoms with Crippen molar-refractivity contribution in [2.24, 2.45) is 0 Å². The van der Waals surface area contributed by atoms with E-state index in [0.717, 1.165) is 50.7 Å². The molecule has 42 heavy (non-hydrogen) atoms. The van der Waals surface area contributed by atoms with Crippen LogP contribution in [0.15, 0.2) is 85.1 Å². The Balaban J connectivity index is 3.87. The molecule has 0 saturated carbocycles. The quantitative estimate of drug-likeness (QED) is 0.0521. The SMILES string of the molecule is CCC=CCC=CCC=CCC=CCC=CCC=CCCC(=O)NCCCC[C@H](NC(=O)C=CC(=O)OCC)C(=O)O. The summed E-state index contributed by atoms with van der Waals surface area (Å²) in [7, 11) is 0. The first kappa shape index (κ1) is 38.1. The Kier molecular flexibility index (Phi) is 25.9. The first-order valence-electron chi connectivity index (χ1n) is 14.9. The number of hydrogen-bond donors (Lipinski definition) is 3. The Morgan fingerprint density at radius 3 is 1.74 bits per heavy atom. The zero-order valence-electron chi connectivity index (χ0n) is 25.3. The fourth-order valence-electron chi connectivity index (χ4n) is 3.46. The molecule has 2 amide bonds. The lowest BCUT2D eigenvalue weighted by atomic mass is 10.1. The third-order valence-electron chi connectivity index (χ3n) is 5.65. The van der Waals surface area contributed by atoms with Crippen molar-refractivity contribution in [3.63, 3.8) is 0 Å². The highest BCUT2D eigenvalue weighted by molar-refractivity contribution is 5.96. The Labute approximate surface area is 252 Å². The molecule has 0 radical (unpaired) electrons. The maximum absolute atomic E-state index is 12.0. The van der Waals surface area contributed by atoms with Crippen LogP contribution in [-0.2, 0) is 23.9 Å². The molecule has 0 rings (SSSR count). The van der Waals surface area contributed by atoms with Crippen molar-refractivity contribution in [3.05, 3.63) is 85.1 Å². The van der Waals surface area contributed by atoms with E-state index in [4.69, 9.17) is 0 Å². The number of carbonyl (C=O) groups is 4. The van der Waals surface area contributed by atoms with Gasteiger partial charge in [0.05, 0.1) is 6.61 Å². The van der Waals surface area contributed by atoms with Crippen LogP contribution in [0.5, 0.6) is 0 Å². The molecule has 1 atom stereocenters. The minimum Gasteiger partial charge on any atom is -0.480 e. The number of carbonyl (C=O) groups excluding carboxylic acids is 3. The van der Waals surface area contributed by atoms with Gasteiger partial charge in [-0.05, 0) is 71.1 Å². The number of ether oxygens (including phenoxy) is 1. The van der Waals surface area contributed by atoms with Crippen molar-refractivity contribution < 1.29 is 29.0 Å².